The Bertz CT molecular complexity index is 214. The standard InChI is InChI=1S/C12H23NO2/c1-4-5-6-7-8-10-11(14)15-9-12(2,3)13-10/h10,13H,4-9H2,1-3H3. The molecule has 1 aliphatic heterocycles. The summed E-state index contributed by atoms with van der Waals surface area (Å²) in [5.74, 6) is -0.0779. The van der Waals surface area contributed by atoms with Gasteiger partial charge < -0.3 is 4.74 Å². The number of unbranched alkanes of at least 4 members (excludes halogenated alkanes) is 3. The number of rotatable bonds is 5. The van der Waals surface area contributed by atoms with Crippen molar-refractivity contribution in [3.8, 4) is 0 Å². The van der Waals surface area contributed by atoms with Crippen LogP contribution >= 0.6 is 0 Å². The predicted octanol–water partition coefficient (Wildman–Crippen LogP) is 2.25. The van der Waals surface area contributed by atoms with Crippen LogP contribution in [-0.2, 0) is 9.53 Å². The predicted molar refractivity (Wildman–Crippen MR) is 60.7 cm³/mol. The number of hydrogen-bond acceptors (Lipinski definition) is 3. The van der Waals surface area contributed by atoms with E-state index in [9.17, 15) is 4.79 Å². The van der Waals surface area contributed by atoms with E-state index in [-0.39, 0.29) is 17.6 Å². The highest BCUT2D eigenvalue weighted by atomic mass is 16.5. The van der Waals surface area contributed by atoms with E-state index in [2.05, 4.69) is 26.1 Å². The number of esters is 1. The maximum absolute atomic E-state index is 11.5. The Labute approximate surface area is 92.6 Å². The van der Waals surface area contributed by atoms with Gasteiger partial charge in [0.1, 0.15) is 12.6 Å². The maximum Gasteiger partial charge on any atom is 0.323 e. The molecule has 0 aromatic rings. The molecule has 3 nitrogen and oxygen atoms in total. The topological polar surface area (TPSA) is 38.3 Å². The first-order valence-corrected chi connectivity index (χ1v) is 5.99. The van der Waals surface area contributed by atoms with Gasteiger partial charge in [0, 0.05) is 5.54 Å². The van der Waals surface area contributed by atoms with Crippen molar-refractivity contribution in [1.29, 1.82) is 0 Å². The van der Waals surface area contributed by atoms with Gasteiger partial charge >= 0.3 is 5.97 Å². The van der Waals surface area contributed by atoms with Crippen LogP contribution < -0.4 is 5.32 Å². The van der Waals surface area contributed by atoms with Crippen LogP contribution in [0.1, 0.15) is 52.9 Å². The van der Waals surface area contributed by atoms with Gasteiger partial charge in [0.25, 0.3) is 0 Å². The highest BCUT2D eigenvalue weighted by Crippen LogP contribution is 2.16. The van der Waals surface area contributed by atoms with Crippen LogP contribution in [0.25, 0.3) is 0 Å². The lowest BCUT2D eigenvalue weighted by atomic mass is 9.99. The van der Waals surface area contributed by atoms with E-state index >= 15 is 0 Å². The average molecular weight is 213 g/mol. The van der Waals surface area contributed by atoms with Crippen molar-refractivity contribution < 1.29 is 9.53 Å². The summed E-state index contributed by atoms with van der Waals surface area (Å²) in [7, 11) is 0. The molecule has 1 N–H and O–H groups in total. The largest absolute Gasteiger partial charge is 0.463 e. The smallest absolute Gasteiger partial charge is 0.323 e. The van der Waals surface area contributed by atoms with Crippen molar-refractivity contribution in [3.63, 3.8) is 0 Å². The zero-order valence-corrected chi connectivity index (χ0v) is 10.1. The Kier molecular flexibility index (Phi) is 4.58. The molecule has 3 heteroatoms. The molecule has 0 aliphatic carbocycles. The molecule has 1 saturated heterocycles. The van der Waals surface area contributed by atoms with Gasteiger partial charge in [0.05, 0.1) is 0 Å². The Morgan fingerprint density at radius 3 is 2.80 bits per heavy atom. The molecule has 0 amide bonds. The van der Waals surface area contributed by atoms with Crippen molar-refractivity contribution in [3.05, 3.63) is 0 Å². The number of carbonyl (C=O) groups excluding carboxylic acids is 1. The molecule has 0 spiro atoms. The molecule has 0 aromatic carbocycles. The Morgan fingerprint density at radius 1 is 1.40 bits per heavy atom. The molecule has 1 aliphatic rings. The number of carbonyl (C=O) groups is 1. The third-order valence-electron chi connectivity index (χ3n) is 2.77. The average Bonchev–Trinajstić information content (AvgIpc) is 2.18. The second-order valence-electron chi connectivity index (χ2n) is 5.04. The maximum atomic E-state index is 11.5. The van der Waals surface area contributed by atoms with Crippen LogP contribution in [0.15, 0.2) is 0 Å². The number of nitrogens with one attached hydrogen (secondary N) is 1. The summed E-state index contributed by atoms with van der Waals surface area (Å²) in [5.41, 5.74) is -0.0661. The van der Waals surface area contributed by atoms with E-state index in [1.165, 1.54) is 19.3 Å². The Balaban J connectivity index is 2.29. The van der Waals surface area contributed by atoms with Gasteiger partial charge in [0.2, 0.25) is 0 Å². The Morgan fingerprint density at radius 2 is 2.13 bits per heavy atom. The normalized spacial score (nSPS) is 25.0. The first-order valence-electron chi connectivity index (χ1n) is 5.99. The van der Waals surface area contributed by atoms with Crippen LogP contribution in [0.2, 0.25) is 0 Å². The highest BCUT2D eigenvalue weighted by molar-refractivity contribution is 5.76. The van der Waals surface area contributed by atoms with Gasteiger partial charge in [-0.25, -0.2) is 0 Å². The molecule has 0 saturated carbocycles. The third kappa shape index (κ3) is 4.20. The Hall–Kier alpha value is -0.570. The van der Waals surface area contributed by atoms with Gasteiger partial charge in [-0.2, -0.15) is 0 Å². The molecule has 1 atom stereocenters. The molecule has 1 heterocycles. The molecule has 1 unspecified atom stereocenters. The van der Waals surface area contributed by atoms with Gasteiger partial charge in [-0.1, -0.05) is 32.6 Å². The van der Waals surface area contributed by atoms with E-state index in [4.69, 9.17) is 4.74 Å². The first kappa shape index (κ1) is 12.5. The molecule has 0 radical (unpaired) electrons. The second-order valence-corrected chi connectivity index (χ2v) is 5.04. The molecule has 88 valence electrons. The molecule has 1 fully saturated rings. The third-order valence-corrected chi connectivity index (χ3v) is 2.77. The summed E-state index contributed by atoms with van der Waals surface area (Å²) in [5, 5.41) is 3.34. The molecule has 0 bridgehead atoms. The van der Waals surface area contributed by atoms with Crippen LogP contribution in [0.5, 0.6) is 0 Å². The van der Waals surface area contributed by atoms with E-state index < -0.39 is 0 Å². The molecule has 1 rings (SSSR count). The van der Waals surface area contributed by atoms with Crippen molar-refractivity contribution in [2.75, 3.05) is 6.61 Å². The number of morpholine rings is 1. The van der Waals surface area contributed by atoms with Crippen molar-refractivity contribution in [2.45, 2.75) is 64.5 Å². The lowest BCUT2D eigenvalue weighted by molar-refractivity contribution is -0.154. The van der Waals surface area contributed by atoms with Crippen molar-refractivity contribution in [2.24, 2.45) is 0 Å². The second kappa shape index (κ2) is 5.50. The van der Waals surface area contributed by atoms with E-state index in [1.807, 2.05) is 0 Å². The van der Waals surface area contributed by atoms with Gasteiger partial charge in [0.15, 0.2) is 0 Å². The monoisotopic (exact) mass is 213 g/mol. The molecular weight excluding hydrogens is 190 g/mol. The van der Waals surface area contributed by atoms with Gasteiger partial charge in [-0.05, 0) is 20.3 Å². The summed E-state index contributed by atoms with van der Waals surface area (Å²) < 4.78 is 5.16. The van der Waals surface area contributed by atoms with Crippen LogP contribution in [0.4, 0.5) is 0 Å². The first-order chi connectivity index (χ1) is 7.05. The van der Waals surface area contributed by atoms with Crippen molar-refractivity contribution >= 4 is 5.97 Å². The summed E-state index contributed by atoms with van der Waals surface area (Å²) in [6.45, 7) is 6.81. The summed E-state index contributed by atoms with van der Waals surface area (Å²) in [6, 6.07) is -0.0920. The fourth-order valence-corrected chi connectivity index (χ4v) is 1.89. The van der Waals surface area contributed by atoms with E-state index in [0.717, 1.165) is 12.8 Å². The summed E-state index contributed by atoms with van der Waals surface area (Å²) >= 11 is 0. The number of hydrogen-bond donors (Lipinski definition) is 1. The van der Waals surface area contributed by atoms with Gasteiger partial charge in [-0.15, -0.1) is 0 Å². The quantitative estimate of drug-likeness (QED) is 0.562. The van der Waals surface area contributed by atoms with Crippen molar-refractivity contribution in [1.82, 2.24) is 5.32 Å². The lowest BCUT2D eigenvalue weighted by Gasteiger charge is -2.35. The highest BCUT2D eigenvalue weighted by Gasteiger charge is 2.33. The minimum Gasteiger partial charge on any atom is -0.463 e. The van der Waals surface area contributed by atoms with Gasteiger partial charge in [-0.3, -0.25) is 10.1 Å². The molecule has 15 heavy (non-hydrogen) atoms. The number of cyclic esters (lactones) is 1. The minimum absolute atomic E-state index is 0.0661. The zero-order chi connectivity index (χ0) is 11.3. The fraction of sp³-hybridized carbons (Fsp3) is 0.917. The lowest BCUT2D eigenvalue weighted by Crippen LogP contribution is -2.57. The van der Waals surface area contributed by atoms with E-state index in [1.54, 1.807) is 0 Å². The summed E-state index contributed by atoms with van der Waals surface area (Å²) in [6.07, 6.45) is 5.71. The number of ether oxygens (including phenoxy) is 1. The SMILES string of the molecule is CCCCCCC1NC(C)(C)COC1=O. The van der Waals surface area contributed by atoms with Crippen LogP contribution in [-0.4, -0.2) is 24.2 Å². The zero-order valence-electron chi connectivity index (χ0n) is 10.1. The van der Waals surface area contributed by atoms with Crippen LogP contribution in [0, 0.1) is 0 Å². The van der Waals surface area contributed by atoms with E-state index in [0.29, 0.717) is 6.61 Å². The minimum atomic E-state index is -0.0920. The fourth-order valence-electron chi connectivity index (χ4n) is 1.89. The molecular formula is C12H23NO2. The molecule has 0 aromatic heterocycles. The van der Waals surface area contributed by atoms with Crippen LogP contribution in [0.3, 0.4) is 0 Å². The summed E-state index contributed by atoms with van der Waals surface area (Å²) in [4.78, 5) is 11.5.